The number of benzene rings is 2. The van der Waals surface area contributed by atoms with E-state index in [2.05, 4.69) is 5.01 Å². The molecule has 5 nitrogen and oxygen atoms in total. The van der Waals surface area contributed by atoms with Crippen LogP contribution < -0.4 is 4.90 Å². The summed E-state index contributed by atoms with van der Waals surface area (Å²) in [5, 5.41) is 4.73. The zero-order valence-electron chi connectivity index (χ0n) is 14.7. The van der Waals surface area contributed by atoms with Gasteiger partial charge in [0.1, 0.15) is 11.9 Å². The smallest absolute Gasteiger partial charge is 0.253 e. The maximum Gasteiger partial charge on any atom is 0.253 e. The van der Waals surface area contributed by atoms with Gasteiger partial charge in [-0.05, 0) is 42.3 Å². The Labute approximate surface area is 171 Å². The highest BCUT2D eigenvalue weighted by Crippen LogP contribution is 2.49. The second-order valence-electron chi connectivity index (χ2n) is 7.26. The standard InChI is InChI=1S/C20H16Cl2FN3O2/c21-14-7-6-13(10-15(14)22)26-19(27)16-17(11-2-4-12(23)5-3-11)24-8-1-9-25(24)18(16)20(26)28/h2-7,10,16-18H,1,8-9H2/t16-,17+,18+/m0/s1. The van der Waals surface area contributed by atoms with Crippen molar-refractivity contribution in [1.82, 2.24) is 10.0 Å². The van der Waals surface area contributed by atoms with E-state index in [0.29, 0.717) is 17.3 Å². The van der Waals surface area contributed by atoms with Gasteiger partial charge in [-0.2, -0.15) is 0 Å². The van der Waals surface area contributed by atoms with Gasteiger partial charge in [0.15, 0.2) is 0 Å². The molecule has 3 fully saturated rings. The van der Waals surface area contributed by atoms with E-state index < -0.39 is 12.0 Å². The van der Waals surface area contributed by atoms with Gasteiger partial charge in [0, 0.05) is 13.1 Å². The van der Waals surface area contributed by atoms with Crippen LogP contribution in [0.25, 0.3) is 0 Å². The van der Waals surface area contributed by atoms with Crippen molar-refractivity contribution in [3.05, 3.63) is 63.9 Å². The quantitative estimate of drug-likeness (QED) is 0.696. The molecule has 0 aromatic heterocycles. The summed E-state index contributed by atoms with van der Waals surface area (Å²) in [5.74, 6) is -1.41. The highest BCUT2D eigenvalue weighted by atomic mass is 35.5. The maximum absolute atomic E-state index is 13.4. The fourth-order valence-electron chi connectivity index (χ4n) is 4.65. The fourth-order valence-corrected chi connectivity index (χ4v) is 4.94. The minimum atomic E-state index is -0.556. The normalized spacial score (nSPS) is 27.5. The molecule has 3 heterocycles. The highest BCUT2D eigenvalue weighted by molar-refractivity contribution is 6.42. The largest absolute Gasteiger partial charge is 0.274 e. The zero-order valence-corrected chi connectivity index (χ0v) is 16.2. The number of hydrogen-bond donors (Lipinski definition) is 0. The van der Waals surface area contributed by atoms with Gasteiger partial charge in [0.2, 0.25) is 5.91 Å². The van der Waals surface area contributed by atoms with Gasteiger partial charge in [-0.3, -0.25) is 9.59 Å². The number of amides is 2. The molecule has 3 saturated heterocycles. The van der Waals surface area contributed by atoms with E-state index in [9.17, 15) is 14.0 Å². The van der Waals surface area contributed by atoms with Crippen LogP contribution in [0.15, 0.2) is 42.5 Å². The lowest BCUT2D eigenvalue weighted by atomic mass is 9.90. The number of carbonyl (C=O) groups is 2. The van der Waals surface area contributed by atoms with Gasteiger partial charge in [-0.25, -0.2) is 19.3 Å². The Kier molecular flexibility index (Phi) is 4.21. The van der Waals surface area contributed by atoms with Crippen molar-refractivity contribution < 1.29 is 14.0 Å². The number of hydrazine groups is 1. The SMILES string of the molecule is O=C1[C@H]2[C@@H](c3ccc(F)cc3)N3CCCN3[C@H]2C(=O)N1c1ccc(Cl)c(Cl)c1. The van der Waals surface area contributed by atoms with Crippen molar-refractivity contribution in [3.63, 3.8) is 0 Å². The number of fused-ring (bicyclic) bond motifs is 3. The molecular formula is C20H16Cl2FN3O2. The molecule has 8 heteroatoms. The third-order valence-corrected chi connectivity index (χ3v) is 6.52. The third kappa shape index (κ3) is 2.52. The van der Waals surface area contributed by atoms with Gasteiger partial charge < -0.3 is 0 Å². The Morgan fingerprint density at radius 1 is 0.857 bits per heavy atom. The van der Waals surface area contributed by atoms with Crippen LogP contribution in [0.1, 0.15) is 18.0 Å². The van der Waals surface area contributed by atoms with E-state index >= 15 is 0 Å². The first kappa shape index (κ1) is 18.1. The van der Waals surface area contributed by atoms with E-state index in [1.165, 1.54) is 23.1 Å². The van der Waals surface area contributed by atoms with E-state index in [1.807, 2.05) is 5.01 Å². The maximum atomic E-state index is 13.4. The molecule has 5 rings (SSSR count). The first-order valence-corrected chi connectivity index (χ1v) is 9.84. The summed E-state index contributed by atoms with van der Waals surface area (Å²) in [4.78, 5) is 27.9. The average Bonchev–Trinajstić information content (AvgIpc) is 3.31. The van der Waals surface area contributed by atoms with Crippen LogP contribution in [0.5, 0.6) is 0 Å². The van der Waals surface area contributed by atoms with Gasteiger partial charge in [0.05, 0.1) is 27.7 Å². The number of nitrogens with zero attached hydrogens (tertiary/aromatic N) is 3. The topological polar surface area (TPSA) is 43.9 Å². The van der Waals surface area contributed by atoms with Crippen LogP contribution in [-0.4, -0.2) is 41.0 Å². The Bertz CT molecular complexity index is 984. The van der Waals surface area contributed by atoms with Crippen LogP contribution in [0.3, 0.4) is 0 Å². The van der Waals surface area contributed by atoms with Gasteiger partial charge in [-0.1, -0.05) is 35.3 Å². The van der Waals surface area contributed by atoms with E-state index in [4.69, 9.17) is 23.2 Å². The molecule has 0 saturated carbocycles. The molecule has 2 aromatic rings. The Balaban J connectivity index is 1.58. The minimum absolute atomic E-state index is 0.259. The van der Waals surface area contributed by atoms with E-state index in [-0.39, 0.29) is 28.7 Å². The first-order valence-electron chi connectivity index (χ1n) is 9.09. The lowest BCUT2D eigenvalue weighted by Crippen LogP contribution is -2.44. The fraction of sp³-hybridized carbons (Fsp3) is 0.300. The lowest BCUT2D eigenvalue weighted by molar-refractivity contribution is -0.126. The first-order chi connectivity index (χ1) is 13.5. The molecule has 0 aliphatic carbocycles. The van der Waals surface area contributed by atoms with Crippen molar-refractivity contribution in [1.29, 1.82) is 0 Å². The molecule has 28 heavy (non-hydrogen) atoms. The van der Waals surface area contributed by atoms with Crippen molar-refractivity contribution >= 4 is 40.7 Å². The van der Waals surface area contributed by atoms with E-state index in [1.54, 1.807) is 24.3 Å². The van der Waals surface area contributed by atoms with Crippen LogP contribution in [0.4, 0.5) is 10.1 Å². The number of halogens is 3. The van der Waals surface area contributed by atoms with E-state index in [0.717, 1.165) is 18.5 Å². The van der Waals surface area contributed by atoms with Gasteiger partial charge in [-0.15, -0.1) is 0 Å². The van der Waals surface area contributed by atoms with Crippen molar-refractivity contribution in [2.75, 3.05) is 18.0 Å². The monoisotopic (exact) mass is 419 g/mol. The second-order valence-corrected chi connectivity index (χ2v) is 8.07. The number of rotatable bonds is 2. The highest BCUT2D eigenvalue weighted by Gasteiger charge is 2.62. The van der Waals surface area contributed by atoms with Crippen molar-refractivity contribution in [3.8, 4) is 0 Å². The molecular weight excluding hydrogens is 404 g/mol. The number of hydrogen-bond acceptors (Lipinski definition) is 4. The second kappa shape index (κ2) is 6.52. The summed E-state index contributed by atoms with van der Waals surface area (Å²) in [7, 11) is 0. The summed E-state index contributed by atoms with van der Waals surface area (Å²) in [6, 6.07) is 10.1. The molecule has 0 bridgehead atoms. The molecule has 0 spiro atoms. The Hall–Kier alpha value is -1.99. The molecule has 0 radical (unpaired) electrons. The molecule has 2 amide bonds. The predicted octanol–water partition coefficient (Wildman–Crippen LogP) is 3.67. The molecule has 2 aromatic carbocycles. The summed E-state index contributed by atoms with van der Waals surface area (Å²) in [6.45, 7) is 1.48. The molecule has 3 atom stereocenters. The summed E-state index contributed by atoms with van der Waals surface area (Å²) >= 11 is 12.1. The van der Waals surface area contributed by atoms with Crippen molar-refractivity contribution in [2.45, 2.75) is 18.5 Å². The Morgan fingerprint density at radius 3 is 2.21 bits per heavy atom. The number of anilines is 1. The average molecular weight is 420 g/mol. The van der Waals surface area contributed by atoms with Crippen LogP contribution >= 0.6 is 23.2 Å². The molecule has 144 valence electrons. The molecule has 3 aliphatic rings. The summed E-state index contributed by atoms with van der Waals surface area (Å²) in [5.41, 5.74) is 1.25. The van der Waals surface area contributed by atoms with Crippen LogP contribution in [0.2, 0.25) is 10.0 Å². The van der Waals surface area contributed by atoms with Gasteiger partial charge >= 0.3 is 0 Å². The Morgan fingerprint density at radius 2 is 1.54 bits per heavy atom. The van der Waals surface area contributed by atoms with Crippen molar-refractivity contribution in [2.24, 2.45) is 5.92 Å². The number of imide groups is 1. The number of carbonyl (C=O) groups excluding carboxylic acids is 2. The molecule has 0 N–H and O–H groups in total. The zero-order chi connectivity index (χ0) is 19.6. The minimum Gasteiger partial charge on any atom is -0.274 e. The molecule has 3 aliphatic heterocycles. The summed E-state index contributed by atoms with van der Waals surface area (Å²) in [6.07, 6.45) is 0.912. The predicted molar refractivity (Wildman–Crippen MR) is 103 cm³/mol. The third-order valence-electron chi connectivity index (χ3n) is 5.78. The van der Waals surface area contributed by atoms with Gasteiger partial charge in [0.25, 0.3) is 5.91 Å². The summed E-state index contributed by atoms with van der Waals surface area (Å²) < 4.78 is 13.4. The van der Waals surface area contributed by atoms with Crippen LogP contribution in [0, 0.1) is 11.7 Å². The van der Waals surface area contributed by atoms with Crippen LogP contribution in [-0.2, 0) is 9.59 Å². The lowest BCUT2D eigenvalue weighted by Gasteiger charge is -2.29. The molecule has 0 unspecified atom stereocenters.